The third-order valence-electron chi connectivity index (χ3n) is 1.95. The number of benzene rings is 1. The van der Waals surface area contributed by atoms with Gasteiger partial charge in [-0.3, -0.25) is 4.98 Å². The lowest BCUT2D eigenvalue weighted by Crippen LogP contribution is -2.19. The molecule has 2 amide bonds. The van der Waals surface area contributed by atoms with Crippen molar-refractivity contribution in [2.45, 2.75) is 13.8 Å². The molecule has 18 heavy (non-hydrogen) atoms. The van der Waals surface area contributed by atoms with Gasteiger partial charge in [-0.05, 0) is 24.3 Å². The van der Waals surface area contributed by atoms with Crippen molar-refractivity contribution in [3.8, 4) is 0 Å². The molecule has 4 heteroatoms. The first kappa shape index (κ1) is 13.7. The summed E-state index contributed by atoms with van der Waals surface area (Å²) >= 11 is 0. The molecule has 0 saturated carbocycles. The predicted molar refractivity (Wildman–Crippen MR) is 74.7 cm³/mol. The molecule has 1 aromatic carbocycles. The Morgan fingerprint density at radius 1 is 0.944 bits per heavy atom. The Hall–Kier alpha value is -2.36. The zero-order valence-corrected chi connectivity index (χ0v) is 10.6. The number of carbonyl (C=O) groups is 1. The van der Waals surface area contributed by atoms with E-state index in [0.717, 1.165) is 5.69 Å². The van der Waals surface area contributed by atoms with Crippen LogP contribution in [0.5, 0.6) is 0 Å². The van der Waals surface area contributed by atoms with E-state index in [0.29, 0.717) is 5.69 Å². The van der Waals surface area contributed by atoms with Gasteiger partial charge in [-0.15, -0.1) is 0 Å². The van der Waals surface area contributed by atoms with Gasteiger partial charge in [-0.2, -0.15) is 0 Å². The van der Waals surface area contributed by atoms with Gasteiger partial charge >= 0.3 is 6.03 Å². The van der Waals surface area contributed by atoms with Crippen molar-refractivity contribution >= 4 is 17.4 Å². The fourth-order valence-electron chi connectivity index (χ4n) is 1.25. The van der Waals surface area contributed by atoms with Crippen LogP contribution in [0.1, 0.15) is 13.8 Å². The van der Waals surface area contributed by atoms with Crippen molar-refractivity contribution in [3.05, 3.63) is 54.9 Å². The van der Waals surface area contributed by atoms with Gasteiger partial charge in [0.2, 0.25) is 0 Å². The molecule has 2 rings (SSSR count). The highest BCUT2D eigenvalue weighted by atomic mass is 16.2. The Labute approximate surface area is 107 Å². The van der Waals surface area contributed by atoms with Gasteiger partial charge in [0.25, 0.3) is 0 Å². The maximum atomic E-state index is 11.5. The summed E-state index contributed by atoms with van der Waals surface area (Å²) in [5, 5.41) is 5.39. The van der Waals surface area contributed by atoms with Gasteiger partial charge in [-0.25, -0.2) is 4.79 Å². The molecule has 2 aromatic rings. The minimum Gasteiger partial charge on any atom is -0.308 e. The SMILES string of the molecule is CC.O=C(Nc1ccccc1)Nc1cccnc1. The molecule has 4 nitrogen and oxygen atoms in total. The second-order valence-electron chi connectivity index (χ2n) is 3.19. The molecular formula is C14H17N3O. The molecular weight excluding hydrogens is 226 g/mol. The van der Waals surface area contributed by atoms with Crippen LogP contribution < -0.4 is 10.6 Å². The van der Waals surface area contributed by atoms with Crippen LogP contribution in [0.4, 0.5) is 16.2 Å². The van der Waals surface area contributed by atoms with Crippen LogP contribution in [0.15, 0.2) is 54.9 Å². The Kier molecular flexibility index (Phi) is 5.97. The Balaban J connectivity index is 0.000000771. The van der Waals surface area contributed by atoms with Crippen molar-refractivity contribution in [1.82, 2.24) is 4.98 Å². The van der Waals surface area contributed by atoms with E-state index in [9.17, 15) is 4.79 Å². The summed E-state index contributed by atoms with van der Waals surface area (Å²) in [5.74, 6) is 0. The summed E-state index contributed by atoms with van der Waals surface area (Å²) in [7, 11) is 0. The summed E-state index contributed by atoms with van der Waals surface area (Å²) < 4.78 is 0. The normalized spacial score (nSPS) is 8.78. The Morgan fingerprint density at radius 2 is 1.56 bits per heavy atom. The quantitative estimate of drug-likeness (QED) is 0.844. The number of carbonyl (C=O) groups excluding carboxylic acids is 1. The van der Waals surface area contributed by atoms with Gasteiger partial charge < -0.3 is 10.6 Å². The van der Waals surface area contributed by atoms with E-state index in [-0.39, 0.29) is 6.03 Å². The largest absolute Gasteiger partial charge is 0.323 e. The zero-order chi connectivity index (χ0) is 13.2. The Bertz CT molecular complexity index is 413. The van der Waals surface area contributed by atoms with Crippen LogP contribution in [0.3, 0.4) is 0 Å². The summed E-state index contributed by atoms with van der Waals surface area (Å²) in [5.41, 5.74) is 1.42. The second-order valence-corrected chi connectivity index (χ2v) is 3.19. The minimum atomic E-state index is -0.279. The first-order valence-corrected chi connectivity index (χ1v) is 5.88. The molecule has 0 aliphatic carbocycles. The molecule has 0 unspecified atom stereocenters. The van der Waals surface area contributed by atoms with Gasteiger partial charge in [0.05, 0.1) is 11.9 Å². The molecule has 1 aromatic heterocycles. The van der Waals surface area contributed by atoms with Crippen molar-refractivity contribution in [2.75, 3.05) is 10.6 Å². The minimum absolute atomic E-state index is 0.279. The molecule has 2 N–H and O–H groups in total. The maximum Gasteiger partial charge on any atom is 0.323 e. The topological polar surface area (TPSA) is 54.0 Å². The summed E-state index contributed by atoms with van der Waals surface area (Å²) in [6.45, 7) is 4.00. The average Bonchev–Trinajstić information content (AvgIpc) is 2.43. The van der Waals surface area contributed by atoms with Crippen molar-refractivity contribution in [1.29, 1.82) is 0 Å². The molecule has 1 heterocycles. The number of amides is 2. The van der Waals surface area contributed by atoms with E-state index in [2.05, 4.69) is 15.6 Å². The molecule has 0 saturated heterocycles. The van der Waals surface area contributed by atoms with Crippen LogP contribution in [-0.2, 0) is 0 Å². The lowest BCUT2D eigenvalue weighted by Gasteiger charge is -2.06. The van der Waals surface area contributed by atoms with Crippen molar-refractivity contribution in [3.63, 3.8) is 0 Å². The summed E-state index contributed by atoms with van der Waals surface area (Å²) in [6, 6.07) is 12.5. The number of pyridine rings is 1. The number of hydrogen-bond donors (Lipinski definition) is 2. The second kappa shape index (κ2) is 7.84. The number of para-hydroxylation sites is 1. The maximum absolute atomic E-state index is 11.5. The van der Waals surface area contributed by atoms with E-state index in [4.69, 9.17) is 0 Å². The number of aromatic nitrogens is 1. The van der Waals surface area contributed by atoms with Crippen LogP contribution in [0.2, 0.25) is 0 Å². The van der Waals surface area contributed by atoms with Crippen LogP contribution in [0.25, 0.3) is 0 Å². The third kappa shape index (κ3) is 4.65. The molecule has 94 valence electrons. The van der Waals surface area contributed by atoms with Crippen LogP contribution in [0, 0.1) is 0 Å². The van der Waals surface area contributed by atoms with E-state index < -0.39 is 0 Å². The van der Waals surface area contributed by atoms with E-state index in [1.807, 2.05) is 44.2 Å². The van der Waals surface area contributed by atoms with E-state index >= 15 is 0 Å². The van der Waals surface area contributed by atoms with Gasteiger partial charge in [-0.1, -0.05) is 32.0 Å². The molecule has 0 fully saturated rings. The highest BCUT2D eigenvalue weighted by Gasteiger charge is 2.00. The number of rotatable bonds is 2. The first-order chi connectivity index (χ1) is 8.84. The van der Waals surface area contributed by atoms with Gasteiger partial charge in [0.1, 0.15) is 0 Å². The smallest absolute Gasteiger partial charge is 0.308 e. The van der Waals surface area contributed by atoms with E-state index in [1.165, 1.54) is 0 Å². The predicted octanol–water partition coefficient (Wildman–Crippen LogP) is 3.75. The number of hydrogen-bond acceptors (Lipinski definition) is 2. The molecule has 0 aliphatic heterocycles. The number of urea groups is 1. The average molecular weight is 243 g/mol. The molecule has 0 atom stereocenters. The van der Waals surface area contributed by atoms with Gasteiger partial charge in [0, 0.05) is 11.9 Å². The third-order valence-corrected chi connectivity index (χ3v) is 1.95. The Morgan fingerprint density at radius 3 is 2.17 bits per heavy atom. The van der Waals surface area contributed by atoms with Crippen LogP contribution in [-0.4, -0.2) is 11.0 Å². The molecule has 0 spiro atoms. The number of anilines is 2. The molecule has 0 radical (unpaired) electrons. The standard InChI is InChI=1S/C12H11N3O.C2H6/c16-12(14-10-5-2-1-3-6-10)15-11-7-4-8-13-9-11;1-2/h1-9H,(H2,14,15,16);1-2H3. The van der Waals surface area contributed by atoms with Gasteiger partial charge in [0.15, 0.2) is 0 Å². The molecule has 0 bridgehead atoms. The first-order valence-electron chi connectivity index (χ1n) is 5.88. The zero-order valence-electron chi connectivity index (χ0n) is 10.6. The van der Waals surface area contributed by atoms with Crippen molar-refractivity contribution < 1.29 is 4.79 Å². The lowest BCUT2D eigenvalue weighted by molar-refractivity contribution is 0.262. The highest BCUT2D eigenvalue weighted by Crippen LogP contribution is 2.07. The van der Waals surface area contributed by atoms with Crippen LogP contribution >= 0.6 is 0 Å². The number of nitrogens with zero attached hydrogens (tertiary/aromatic N) is 1. The summed E-state index contributed by atoms with van der Waals surface area (Å²) in [4.78, 5) is 15.4. The molecule has 0 aliphatic rings. The van der Waals surface area contributed by atoms with E-state index in [1.54, 1.807) is 24.5 Å². The van der Waals surface area contributed by atoms with Crippen molar-refractivity contribution in [2.24, 2.45) is 0 Å². The highest BCUT2D eigenvalue weighted by molar-refractivity contribution is 5.99. The fourth-order valence-corrected chi connectivity index (χ4v) is 1.25. The summed E-state index contributed by atoms with van der Waals surface area (Å²) in [6.07, 6.45) is 3.24. The number of nitrogens with one attached hydrogen (secondary N) is 2. The lowest BCUT2D eigenvalue weighted by atomic mass is 10.3. The monoisotopic (exact) mass is 243 g/mol. The fraction of sp³-hybridized carbons (Fsp3) is 0.143.